The minimum absolute atomic E-state index is 0.338. The van der Waals surface area contributed by atoms with Gasteiger partial charge in [-0.15, -0.1) is 5.10 Å². The predicted molar refractivity (Wildman–Crippen MR) is 69.5 cm³/mol. The van der Waals surface area contributed by atoms with Gasteiger partial charge in [-0.1, -0.05) is 51.0 Å². The summed E-state index contributed by atoms with van der Waals surface area (Å²) < 4.78 is 1.94. The van der Waals surface area contributed by atoms with Crippen LogP contribution in [0.4, 0.5) is 0 Å². The lowest BCUT2D eigenvalue weighted by molar-refractivity contribution is 0.510. The van der Waals surface area contributed by atoms with Gasteiger partial charge in [-0.2, -0.15) is 0 Å². The van der Waals surface area contributed by atoms with Crippen LogP contribution in [0.2, 0.25) is 0 Å². The second-order valence-electron chi connectivity index (χ2n) is 4.27. The van der Waals surface area contributed by atoms with Crippen molar-refractivity contribution < 1.29 is 0 Å². The number of thiocarbonyl (C=S) groups is 1. The first-order valence-electron chi connectivity index (χ1n) is 5.81. The number of nitrogens with two attached hydrogens (primary N) is 1. The van der Waals surface area contributed by atoms with Crippen LogP contribution < -0.4 is 5.73 Å². The van der Waals surface area contributed by atoms with Crippen molar-refractivity contribution in [3.05, 3.63) is 11.4 Å². The van der Waals surface area contributed by atoms with Crippen LogP contribution in [0.25, 0.3) is 0 Å². The highest BCUT2D eigenvalue weighted by Gasteiger charge is 2.17. The Morgan fingerprint density at radius 1 is 1.44 bits per heavy atom. The summed E-state index contributed by atoms with van der Waals surface area (Å²) in [5.41, 5.74) is 7.38. The van der Waals surface area contributed by atoms with Crippen molar-refractivity contribution in [1.82, 2.24) is 15.0 Å². The van der Waals surface area contributed by atoms with Gasteiger partial charge >= 0.3 is 0 Å². The van der Waals surface area contributed by atoms with E-state index in [0.717, 1.165) is 18.7 Å². The van der Waals surface area contributed by atoms with E-state index in [1.165, 1.54) is 12.8 Å². The zero-order valence-corrected chi connectivity index (χ0v) is 11.0. The van der Waals surface area contributed by atoms with Crippen LogP contribution in [0.5, 0.6) is 0 Å². The van der Waals surface area contributed by atoms with Gasteiger partial charge in [0.15, 0.2) is 0 Å². The summed E-state index contributed by atoms with van der Waals surface area (Å²) >= 11 is 4.98. The standard InChI is InChI=1S/C11H20N4S/c1-4-5-6-7-15-10(8(2)3)9(11(12)16)13-14-15/h8H,4-7H2,1-3H3,(H2,12,16). The molecule has 0 spiro atoms. The van der Waals surface area contributed by atoms with E-state index in [4.69, 9.17) is 18.0 Å². The maximum Gasteiger partial charge on any atom is 0.143 e. The van der Waals surface area contributed by atoms with Gasteiger partial charge in [0.25, 0.3) is 0 Å². The zero-order chi connectivity index (χ0) is 12.1. The van der Waals surface area contributed by atoms with Gasteiger partial charge in [-0.25, -0.2) is 4.68 Å². The molecule has 0 radical (unpaired) electrons. The summed E-state index contributed by atoms with van der Waals surface area (Å²) in [5.74, 6) is 0.341. The van der Waals surface area contributed by atoms with Crippen molar-refractivity contribution in [2.45, 2.75) is 52.5 Å². The SMILES string of the molecule is CCCCCn1nnc(C(N)=S)c1C(C)C. The number of rotatable bonds is 6. The zero-order valence-electron chi connectivity index (χ0n) is 10.2. The molecular weight excluding hydrogens is 220 g/mol. The average Bonchev–Trinajstić information content (AvgIpc) is 2.62. The summed E-state index contributed by atoms with van der Waals surface area (Å²) in [6, 6.07) is 0. The minimum atomic E-state index is 0.338. The van der Waals surface area contributed by atoms with E-state index in [0.29, 0.717) is 16.6 Å². The fourth-order valence-electron chi connectivity index (χ4n) is 1.74. The highest BCUT2D eigenvalue weighted by atomic mass is 32.1. The molecular formula is C11H20N4S. The number of unbranched alkanes of at least 4 members (excludes halogenated alkanes) is 2. The third kappa shape index (κ3) is 3.01. The molecule has 4 nitrogen and oxygen atoms in total. The third-order valence-electron chi connectivity index (χ3n) is 2.53. The maximum atomic E-state index is 5.64. The monoisotopic (exact) mass is 240 g/mol. The summed E-state index contributed by atoms with van der Waals surface area (Å²) in [5, 5.41) is 8.19. The molecule has 0 fully saturated rings. The molecule has 1 aromatic heterocycles. The Morgan fingerprint density at radius 3 is 2.62 bits per heavy atom. The highest BCUT2D eigenvalue weighted by molar-refractivity contribution is 7.80. The molecule has 0 saturated carbocycles. The Balaban J connectivity index is 2.87. The molecule has 1 aromatic rings. The van der Waals surface area contributed by atoms with Crippen LogP contribution >= 0.6 is 12.2 Å². The maximum absolute atomic E-state index is 5.64. The van der Waals surface area contributed by atoms with E-state index < -0.39 is 0 Å². The van der Waals surface area contributed by atoms with Gasteiger partial charge in [0.2, 0.25) is 0 Å². The van der Waals surface area contributed by atoms with E-state index in [2.05, 4.69) is 31.1 Å². The van der Waals surface area contributed by atoms with Crippen LogP contribution in [0.1, 0.15) is 57.3 Å². The van der Waals surface area contributed by atoms with Gasteiger partial charge in [0.1, 0.15) is 10.7 Å². The Hall–Kier alpha value is -0.970. The van der Waals surface area contributed by atoms with E-state index in [9.17, 15) is 0 Å². The lowest BCUT2D eigenvalue weighted by atomic mass is 10.1. The van der Waals surface area contributed by atoms with E-state index in [1.807, 2.05) is 4.68 Å². The Kier molecular flexibility index (Phi) is 4.86. The lowest BCUT2D eigenvalue weighted by Crippen LogP contribution is -2.15. The molecule has 0 aliphatic rings. The second-order valence-corrected chi connectivity index (χ2v) is 4.71. The van der Waals surface area contributed by atoms with E-state index in [-0.39, 0.29) is 0 Å². The van der Waals surface area contributed by atoms with Gasteiger partial charge in [0.05, 0.1) is 5.69 Å². The molecule has 0 amide bonds. The molecule has 0 aliphatic heterocycles. The van der Waals surface area contributed by atoms with Crippen molar-refractivity contribution in [3.8, 4) is 0 Å². The molecule has 1 heterocycles. The van der Waals surface area contributed by atoms with Gasteiger partial charge in [-0.05, 0) is 12.3 Å². The van der Waals surface area contributed by atoms with Crippen molar-refractivity contribution in [3.63, 3.8) is 0 Å². The first-order valence-corrected chi connectivity index (χ1v) is 6.21. The van der Waals surface area contributed by atoms with Gasteiger partial charge < -0.3 is 5.73 Å². The molecule has 0 atom stereocenters. The number of aryl methyl sites for hydroxylation is 1. The molecule has 90 valence electrons. The smallest absolute Gasteiger partial charge is 0.143 e. The quantitative estimate of drug-likeness (QED) is 0.612. The molecule has 0 saturated heterocycles. The van der Waals surface area contributed by atoms with Crippen molar-refractivity contribution in [2.24, 2.45) is 5.73 Å². The van der Waals surface area contributed by atoms with Gasteiger partial charge in [-0.3, -0.25) is 0 Å². The third-order valence-corrected chi connectivity index (χ3v) is 2.72. The van der Waals surface area contributed by atoms with E-state index in [1.54, 1.807) is 0 Å². The van der Waals surface area contributed by atoms with E-state index >= 15 is 0 Å². The molecule has 1 rings (SSSR count). The molecule has 0 aromatic carbocycles. The first kappa shape index (κ1) is 13.1. The molecule has 0 unspecified atom stereocenters. The number of aromatic nitrogens is 3. The highest BCUT2D eigenvalue weighted by Crippen LogP contribution is 2.18. The Morgan fingerprint density at radius 2 is 2.12 bits per heavy atom. The summed E-state index contributed by atoms with van der Waals surface area (Å²) in [6.45, 7) is 7.30. The minimum Gasteiger partial charge on any atom is -0.388 e. The fourth-order valence-corrected chi connectivity index (χ4v) is 1.89. The second kappa shape index (κ2) is 5.94. The fraction of sp³-hybridized carbons (Fsp3) is 0.727. The van der Waals surface area contributed by atoms with Crippen molar-refractivity contribution in [1.29, 1.82) is 0 Å². The lowest BCUT2D eigenvalue weighted by Gasteiger charge is -2.10. The summed E-state index contributed by atoms with van der Waals surface area (Å²) in [6.07, 6.45) is 3.53. The summed E-state index contributed by atoms with van der Waals surface area (Å²) in [7, 11) is 0. The molecule has 16 heavy (non-hydrogen) atoms. The van der Waals surface area contributed by atoms with Crippen LogP contribution in [0.3, 0.4) is 0 Å². The van der Waals surface area contributed by atoms with Crippen LogP contribution in [-0.2, 0) is 6.54 Å². The molecule has 0 aliphatic carbocycles. The van der Waals surface area contributed by atoms with Gasteiger partial charge in [0, 0.05) is 6.54 Å². The summed E-state index contributed by atoms with van der Waals surface area (Å²) in [4.78, 5) is 0.338. The van der Waals surface area contributed by atoms with Crippen LogP contribution in [-0.4, -0.2) is 20.0 Å². The number of hydrogen-bond acceptors (Lipinski definition) is 3. The average molecular weight is 240 g/mol. The van der Waals surface area contributed by atoms with Crippen molar-refractivity contribution in [2.75, 3.05) is 0 Å². The van der Waals surface area contributed by atoms with Crippen LogP contribution in [0.15, 0.2) is 0 Å². The number of hydrogen-bond donors (Lipinski definition) is 1. The number of nitrogens with zero attached hydrogens (tertiary/aromatic N) is 3. The Bertz CT molecular complexity index is 357. The van der Waals surface area contributed by atoms with Crippen LogP contribution in [0, 0.1) is 0 Å². The molecule has 0 bridgehead atoms. The normalized spacial score (nSPS) is 11.0. The largest absolute Gasteiger partial charge is 0.388 e. The first-order chi connectivity index (χ1) is 7.57. The Labute approximate surface area is 102 Å². The topological polar surface area (TPSA) is 56.7 Å². The molecule has 5 heteroatoms. The van der Waals surface area contributed by atoms with Crippen molar-refractivity contribution >= 4 is 17.2 Å². The molecule has 2 N–H and O–H groups in total. The predicted octanol–water partition coefficient (Wildman–Crippen LogP) is 2.23.